The third-order valence-electron chi connectivity index (χ3n) is 5.48. The second-order valence-corrected chi connectivity index (χ2v) is 7.49. The molecule has 3 rings (SSSR count). The Morgan fingerprint density at radius 1 is 0.962 bits per heavy atom. The molecule has 5 nitrogen and oxygen atoms in total. The fourth-order valence-corrected chi connectivity index (χ4v) is 3.88. The van der Waals surface area contributed by atoms with E-state index in [1.165, 1.54) is 6.42 Å². The van der Waals surface area contributed by atoms with Crippen molar-refractivity contribution in [3.8, 4) is 0 Å². The Morgan fingerprint density at radius 2 is 1.65 bits per heavy atom. The van der Waals surface area contributed by atoms with Gasteiger partial charge in [-0.15, -0.1) is 12.4 Å². The number of benzene rings is 1. The number of hydrogen-bond donors (Lipinski definition) is 3. The molecule has 0 aromatic heterocycles. The molecule has 1 aromatic rings. The van der Waals surface area contributed by atoms with Crippen LogP contribution in [0.15, 0.2) is 24.3 Å². The standard InChI is InChI=1S/C20H29N3O2.ClH/c21-16-9-11-17(12-10-16)22-20(25)15-7-4-8-18(13-15)23-19(24)14-5-2-1-3-6-14;/h4,7-8,13-14,16-17H,1-3,5-6,9-12,21H2,(H,22,25)(H,23,24);1H. The van der Waals surface area contributed by atoms with Gasteiger partial charge in [-0.25, -0.2) is 0 Å². The molecular formula is C20H30ClN3O2. The van der Waals surface area contributed by atoms with Crippen LogP contribution in [0.25, 0.3) is 0 Å². The highest BCUT2D eigenvalue weighted by atomic mass is 35.5. The molecule has 2 aliphatic carbocycles. The van der Waals surface area contributed by atoms with Crippen LogP contribution in [0.1, 0.15) is 68.1 Å². The van der Waals surface area contributed by atoms with Crippen LogP contribution in [-0.4, -0.2) is 23.9 Å². The smallest absolute Gasteiger partial charge is 0.251 e. The number of rotatable bonds is 4. The SMILES string of the molecule is Cl.NC1CCC(NC(=O)c2cccc(NC(=O)C3CCCCC3)c2)CC1. The monoisotopic (exact) mass is 379 g/mol. The summed E-state index contributed by atoms with van der Waals surface area (Å²) < 4.78 is 0. The number of carbonyl (C=O) groups excluding carboxylic acids is 2. The fourth-order valence-electron chi connectivity index (χ4n) is 3.88. The van der Waals surface area contributed by atoms with Gasteiger partial charge in [0.05, 0.1) is 0 Å². The molecule has 144 valence electrons. The molecule has 26 heavy (non-hydrogen) atoms. The first-order valence-electron chi connectivity index (χ1n) is 9.59. The predicted octanol–water partition coefficient (Wildman–Crippen LogP) is 3.63. The fraction of sp³-hybridized carbons (Fsp3) is 0.600. The van der Waals surface area contributed by atoms with E-state index in [-0.39, 0.29) is 42.2 Å². The van der Waals surface area contributed by atoms with E-state index in [1.54, 1.807) is 12.1 Å². The van der Waals surface area contributed by atoms with E-state index in [0.29, 0.717) is 11.3 Å². The van der Waals surface area contributed by atoms with Gasteiger partial charge in [0.1, 0.15) is 0 Å². The van der Waals surface area contributed by atoms with Gasteiger partial charge in [-0.3, -0.25) is 9.59 Å². The molecule has 2 aliphatic rings. The second-order valence-electron chi connectivity index (χ2n) is 7.49. The van der Waals surface area contributed by atoms with Crippen LogP contribution in [0.2, 0.25) is 0 Å². The summed E-state index contributed by atoms with van der Waals surface area (Å²) in [5, 5.41) is 6.07. The van der Waals surface area contributed by atoms with Gasteiger partial charge in [0.2, 0.25) is 5.91 Å². The maximum absolute atomic E-state index is 12.5. The third kappa shape index (κ3) is 5.71. The van der Waals surface area contributed by atoms with E-state index >= 15 is 0 Å². The minimum Gasteiger partial charge on any atom is -0.349 e. The third-order valence-corrected chi connectivity index (χ3v) is 5.48. The van der Waals surface area contributed by atoms with Gasteiger partial charge in [-0.1, -0.05) is 25.3 Å². The highest BCUT2D eigenvalue weighted by Gasteiger charge is 2.22. The van der Waals surface area contributed by atoms with Crippen molar-refractivity contribution in [3.05, 3.63) is 29.8 Å². The number of nitrogens with one attached hydrogen (secondary N) is 2. The molecular weight excluding hydrogens is 350 g/mol. The van der Waals surface area contributed by atoms with Gasteiger partial charge in [0.25, 0.3) is 5.91 Å². The summed E-state index contributed by atoms with van der Waals surface area (Å²) in [5.74, 6) is 0.116. The van der Waals surface area contributed by atoms with Gasteiger partial charge in [0.15, 0.2) is 0 Å². The van der Waals surface area contributed by atoms with E-state index in [1.807, 2.05) is 12.1 Å². The Morgan fingerprint density at radius 3 is 2.35 bits per heavy atom. The average Bonchev–Trinajstić information content (AvgIpc) is 2.64. The van der Waals surface area contributed by atoms with Crippen molar-refractivity contribution in [2.24, 2.45) is 11.7 Å². The first-order valence-corrected chi connectivity index (χ1v) is 9.59. The summed E-state index contributed by atoms with van der Waals surface area (Å²) in [6.07, 6.45) is 9.22. The van der Waals surface area contributed by atoms with Crippen molar-refractivity contribution < 1.29 is 9.59 Å². The topological polar surface area (TPSA) is 84.2 Å². The largest absolute Gasteiger partial charge is 0.349 e. The van der Waals surface area contributed by atoms with E-state index in [4.69, 9.17) is 5.73 Å². The van der Waals surface area contributed by atoms with Crippen LogP contribution < -0.4 is 16.4 Å². The zero-order valence-corrected chi connectivity index (χ0v) is 16.0. The summed E-state index contributed by atoms with van der Waals surface area (Å²) >= 11 is 0. The highest BCUT2D eigenvalue weighted by Crippen LogP contribution is 2.25. The summed E-state index contributed by atoms with van der Waals surface area (Å²) in [7, 11) is 0. The van der Waals surface area contributed by atoms with Gasteiger partial charge < -0.3 is 16.4 Å². The first kappa shape index (κ1) is 20.7. The molecule has 2 fully saturated rings. The molecule has 2 saturated carbocycles. The number of nitrogens with two attached hydrogens (primary N) is 1. The molecule has 6 heteroatoms. The van der Waals surface area contributed by atoms with Crippen molar-refractivity contribution >= 4 is 29.9 Å². The van der Waals surface area contributed by atoms with Gasteiger partial charge in [0, 0.05) is 29.3 Å². The Hall–Kier alpha value is -1.59. The van der Waals surface area contributed by atoms with Crippen LogP contribution in [0, 0.1) is 5.92 Å². The maximum Gasteiger partial charge on any atom is 0.251 e. The van der Waals surface area contributed by atoms with Crippen LogP contribution >= 0.6 is 12.4 Å². The van der Waals surface area contributed by atoms with Crippen molar-refractivity contribution in [3.63, 3.8) is 0 Å². The molecule has 4 N–H and O–H groups in total. The lowest BCUT2D eigenvalue weighted by Gasteiger charge is -2.26. The molecule has 0 spiro atoms. The lowest BCUT2D eigenvalue weighted by molar-refractivity contribution is -0.120. The second kappa shape index (κ2) is 9.93. The van der Waals surface area contributed by atoms with E-state index < -0.39 is 0 Å². The highest BCUT2D eigenvalue weighted by molar-refractivity contribution is 5.97. The van der Waals surface area contributed by atoms with Crippen molar-refractivity contribution in [2.45, 2.75) is 69.9 Å². The molecule has 2 amide bonds. The Balaban J connectivity index is 0.00000243. The van der Waals surface area contributed by atoms with Crippen LogP contribution in [0.5, 0.6) is 0 Å². The quantitative estimate of drug-likeness (QED) is 0.746. The van der Waals surface area contributed by atoms with Gasteiger partial charge in [-0.2, -0.15) is 0 Å². The lowest BCUT2D eigenvalue weighted by atomic mass is 9.88. The molecule has 0 heterocycles. The molecule has 0 atom stereocenters. The minimum atomic E-state index is -0.0748. The van der Waals surface area contributed by atoms with Crippen LogP contribution in [0.4, 0.5) is 5.69 Å². The van der Waals surface area contributed by atoms with Crippen molar-refractivity contribution in [2.75, 3.05) is 5.32 Å². The molecule has 0 radical (unpaired) electrons. The van der Waals surface area contributed by atoms with Crippen LogP contribution in [0.3, 0.4) is 0 Å². The number of anilines is 1. The van der Waals surface area contributed by atoms with E-state index in [0.717, 1.165) is 51.4 Å². The number of carbonyl (C=O) groups is 2. The molecule has 0 bridgehead atoms. The number of amides is 2. The van der Waals surface area contributed by atoms with Crippen molar-refractivity contribution in [1.29, 1.82) is 0 Å². The van der Waals surface area contributed by atoms with Gasteiger partial charge >= 0.3 is 0 Å². The average molecular weight is 380 g/mol. The summed E-state index contributed by atoms with van der Waals surface area (Å²) in [6.45, 7) is 0. The zero-order valence-electron chi connectivity index (χ0n) is 15.2. The molecule has 0 unspecified atom stereocenters. The predicted molar refractivity (Wildman–Crippen MR) is 107 cm³/mol. The summed E-state index contributed by atoms with van der Waals surface area (Å²) in [5.41, 5.74) is 7.21. The Labute approximate surface area is 161 Å². The Kier molecular flexibility index (Phi) is 7.91. The molecule has 0 aliphatic heterocycles. The first-order chi connectivity index (χ1) is 12.1. The summed E-state index contributed by atoms with van der Waals surface area (Å²) in [4.78, 5) is 24.9. The summed E-state index contributed by atoms with van der Waals surface area (Å²) in [6, 6.07) is 7.70. The van der Waals surface area contributed by atoms with Crippen molar-refractivity contribution in [1.82, 2.24) is 5.32 Å². The Bertz CT molecular complexity index is 609. The van der Waals surface area contributed by atoms with E-state index in [2.05, 4.69) is 10.6 Å². The lowest BCUT2D eigenvalue weighted by Crippen LogP contribution is -2.40. The number of halogens is 1. The zero-order chi connectivity index (χ0) is 17.6. The maximum atomic E-state index is 12.5. The molecule has 1 aromatic carbocycles. The normalized spacial score (nSPS) is 23.6. The van der Waals surface area contributed by atoms with E-state index in [9.17, 15) is 9.59 Å². The minimum absolute atomic E-state index is 0. The van der Waals surface area contributed by atoms with Crippen LogP contribution in [-0.2, 0) is 4.79 Å². The molecule has 0 saturated heterocycles. The number of hydrogen-bond acceptors (Lipinski definition) is 3. The van der Waals surface area contributed by atoms with Gasteiger partial charge in [-0.05, 0) is 56.7 Å².